The molecule has 0 atom stereocenters. The molecule has 1 N–H and O–H groups in total. The second-order valence-corrected chi connectivity index (χ2v) is 7.05. The van der Waals surface area contributed by atoms with E-state index < -0.39 is 18.5 Å². The lowest BCUT2D eigenvalue weighted by atomic mass is 10.3. The fraction of sp³-hybridized carbons (Fsp3) is 0.143. The highest BCUT2D eigenvalue weighted by molar-refractivity contribution is 7.99. The highest BCUT2D eigenvalue weighted by Crippen LogP contribution is 2.20. The highest BCUT2D eigenvalue weighted by Gasteiger charge is 2.16. The van der Waals surface area contributed by atoms with Crippen molar-refractivity contribution < 1.29 is 14.3 Å². The summed E-state index contributed by atoms with van der Waals surface area (Å²) in [4.78, 5) is 25.1. The Morgan fingerprint density at radius 3 is 2.48 bits per heavy atom. The molecule has 1 amide bonds. The van der Waals surface area contributed by atoms with E-state index in [1.165, 1.54) is 10.9 Å². The molecule has 0 bridgehead atoms. The first-order valence-corrected chi connectivity index (χ1v) is 9.83. The number of nitrogens with one attached hydrogen (secondary N) is 1. The van der Waals surface area contributed by atoms with Crippen LogP contribution in [0.1, 0.15) is 12.0 Å². The number of rotatable bonds is 8. The molecule has 3 aromatic rings. The number of amides is 1. The number of esters is 1. The van der Waals surface area contributed by atoms with Crippen LogP contribution in [0.5, 0.6) is 0 Å². The van der Waals surface area contributed by atoms with E-state index in [1.54, 1.807) is 23.9 Å². The molecule has 0 saturated heterocycles. The second kappa shape index (κ2) is 10.1. The molecule has 0 saturated carbocycles. The second-order valence-electron chi connectivity index (χ2n) is 5.89. The van der Waals surface area contributed by atoms with E-state index in [-0.39, 0.29) is 17.8 Å². The van der Waals surface area contributed by atoms with Gasteiger partial charge in [0.05, 0.1) is 18.3 Å². The lowest BCUT2D eigenvalue weighted by molar-refractivity contribution is -0.146. The fourth-order valence-electron chi connectivity index (χ4n) is 2.47. The first kappa shape index (κ1) is 20.2. The maximum absolute atomic E-state index is 12.2. The monoisotopic (exact) mass is 406 g/mol. The van der Waals surface area contributed by atoms with Crippen molar-refractivity contribution in [3.8, 4) is 11.8 Å². The minimum absolute atomic E-state index is 0.193. The van der Waals surface area contributed by atoms with Crippen LogP contribution in [0.3, 0.4) is 0 Å². The van der Waals surface area contributed by atoms with Crippen LogP contribution in [0, 0.1) is 11.3 Å². The Labute approximate surface area is 172 Å². The maximum Gasteiger partial charge on any atom is 0.307 e. The quantitative estimate of drug-likeness (QED) is 0.455. The van der Waals surface area contributed by atoms with Gasteiger partial charge >= 0.3 is 5.97 Å². The molecule has 0 aliphatic rings. The highest BCUT2D eigenvalue weighted by atomic mass is 32.2. The normalized spacial score (nSPS) is 10.2. The van der Waals surface area contributed by atoms with E-state index in [4.69, 9.17) is 4.74 Å². The molecule has 0 spiro atoms. The lowest BCUT2D eigenvalue weighted by Gasteiger charge is -2.10. The number of benzene rings is 2. The summed E-state index contributed by atoms with van der Waals surface area (Å²) in [5, 5.41) is 16.0. The Bertz CT molecular complexity index is 1010. The molecule has 8 heteroatoms. The number of anilines is 1. The van der Waals surface area contributed by atoms with E-state index in [0.717, 1.165) is 4.90 Å². The lowest BCUT2D eigenvalue weighted by Crippen LogP contribution is -2.23. The Morgan fingerprint density at radius 1 is 1.10 bits per heavy atom. The zero-order valence-electron chi connectivity index (χ0n) is 15.4. The number of para-hydroxylation sites is 1. The van der Waals surface area contributed by atoms with Gasteiger partial charge in [-0.3, -0.25) is 9.59 Å². The molecule has 1 aromatic heterocycles. The molecule has 3 rings (SSSR count). The summed E-state index contributed by atoms with van der Waals surface area (Å²) in [6.45, 7) is -0.431. The summed E-state index contributed by atoms with van der Waals surface area (Å²) in [6, 6.07) is 20.8. The predicted molar refractivity (Wildman–Crippen MR) is 110 cm³/mol. The fourth-order valence-corrected chi connectivity index (χ4v) is 3.32. The van der Waals surface area contributed by atoms with Crippen LogP contribution >= 0.6 is 11.8 Å². The van der Waals surface area contributed by atoms with E-state index in [2.05, 4.69) is 10.4 Å². The molecular formula is C21H18N4O3S. The smallest absolute Gasteiger partial charge is 0.307 e. The molecule has 29 heavy (non-hydrogen) atoms. The van der Waals surface area contributed by atoms with Gasteiger partial charge in [0.2, 0.25) is 0 Å². The number of hydrogen-bond donors (Lipinski definition) is 1. The van der Waals surface area contributed by atoms with Crippen LogP contribution in [0.25, 0.3) is 5.69 Å². The number of nitriles is 1. The van der Waals surface area contributed by atoms with E-state index in [1.807, 2.05) is 54.6 Å². The van der Waals surface area contributed by atoms with Crippen molar-refractivity contribution in [2.45, 2.75) is 11.3 Å². The van der Waals surface area contributed by atoms with E-state index in [0.29, 0.717) is 11.4 Å². The molecule has 1 heterocycles. The Hall–Kier alpha value is -3.57. The van der Waals surface area contributed by atoms with Gasteiger partial charge in [0, 0.05) is 10.6 Å². The number of ether oxygens (including phenoxy) is 1. The van der Waals surface area contributed by atoms with Gasteiger partial charge in [0.25, 0.3) is 5.91 Å². The van der Waals surface area contributed by atoms with E-state index in [9.17, 15) is 14.9 Å². The standard InChI is InChI=1S/C21H18N4O3S/c22-13-16-14-23-25(17-7-3-1-4-8-17)21(16)24-19(26)15-28-20(27)11-12-29-18-9-5-2-6-10-18/h1-10,14H,11-12,15H2,(H,24,26). The van der Waals surface area contributed by atoms with Gasteiger partial charge in [0.1, 0.15) is 11.6 Å². The zero-order chi connectivity index (χ0) is 20.5. The molecule has 0 radical (unpaired) electrons. The number of thioether (sulfide) groups is 1. The summed E-state index contributed by atoms with van der Waals surface area (Å²) >= 11 is 1.54. The maximum atomic E-state index is 12.2. The SMILES string of the molecule is N#Cc1cnn(-c2ccccc2)c1NC(=O)COC(=O)CCSc1ccccc1. The number of carbonyl (C=O) groups excluding carboxylic acids is 2. The van der Waals surface area contributed by atoms with Crippen LogP contribution in [0.4, 0.5) is 5.82 Å². The minimum atomic E-state index is -0.539. The Balaban J connectivity index is 1.51. The van der Waals surface area contributed by atoms with Crippen molar-refractivity contribution in [1.82, 2.24) is 9.78 Å². The molecule has 2 aromatic carbocycles. The zero-order valence-corrected chi connectivity index (χ0v) is 16.3. The van der Waals surface area contributed by atoms with Gasteiger partial charge in [-0.25, -0.2) is 4.68 Å². The van der Waals surface area contributed by atoms with Crippen molar-refractivity contribution in [3.05, 3.63) is 72.4 Å². The van der Waals surface area contributed by atoms with Crippen molar-refractivity contribution in [3.63, 3.8) is 0 Å². The van der Waals surface area contributed by atoms with Gasteiger partial charge in [-0.2, -0.15) is 10.4 Å². The number of nitrogens with zero attached hydrogens (tertiary/aromatic N) is 3. The average molecular weight is 406 g/mol. The summed E-state index contributed by atoms with van der Waals surface area (Å²) in [7, 11) is 0. The molecular weight excluding hydrogens is 388 g/mol. The van der Waals surface area contributed by atoms with Gasteiger partial charge in [-0.05, 0) is 24.3 Å². The molecule has 146 valence electrons. The minimum Gasteiger partial charge on any atom is -0.456 e. The molecule has 7 nitrogen and oxygen atoms in total. The Kier molecular flexibility index (Phi) is 7.03. The van der Waals surface area contributed by atoms with Crippen molar-refractivity contribution in [2.24, 2.45) is 0 Å². The third kappa shape index (κ3) is 5.70. The van der Waals surface area contributed by atoms with E-state index >= 15 is 0 Å². The van der Waals surface area contributed by atoms with Gasteiger partial charge < -0.3 is 10.1 Å². The first-order chi connectivity index (χ1) is 14.2. The van der Waals surface area contributed by atoms with Crippen molar-refractivity contribution >= 4 is 29.5 Å². The number of carbonyl (C=O) groups is 2. The summed E-state index contributed by atoms with van der Waals surface area (Å²) < 4.78 is 6.49. The third-order valence-corrected chi connectivity index (χ3v) is 4.84. The molecule has 0 aliphatic carbocycles. The van der Waals surface area contributed by atoms with Gasteiger partial charge in [-0.15, -0.1) is 11.8 Å². The number of hydrogen-bond acceptors (Lipinski definition) is 6. The summed E-state index contributed by atoms with van der Waals surface area (Å²) in [6.07, 6.45) is 1.56. The summed E-state index contributed by atoms with van der Waals surface area (Å²) in [5.74, 6) is -0.202. The van der Waals surface area contributed by atoms with Crippen LogP contribution < -0.4 is 5.32 Å². The average Bonchev–Trinajstić information content (AvgIpc) is 3.16. The van der Waals surface area contributed by atoms with Gasteiger partial charge in [0.15, 0.2) is 12.4 Å². The van der Waals surface area contributed by atoms with Crippen LogP contribution in [0.15, 0.2) is 71.8 Å². The van der Waals surface area contributed by atoms with Crippen LogP contribution in [-0.2, 0) is 14.3 Å². The van der Waals surface area contributed by atoms with Crippen molar-refractivity contribution in [1.29, 1.82) is 5.26 Å². The molecule has 0 aliphatic heterocycles. The largest absolute Gasteiger partial charge is 0.456 e. The predicted octanol–water partition coefficient (Wildman–Crippen LogP) is 3.41. The number of aromatic nitrogens is 2. The van der Waals surface area contributed by atoms with Crippen LogP contribution in [-0.4, -0.2) is 34.0 Å². The molecule has 0 unspecified atom stereocenters. The van der Waals surface area contributed by atoms with Gasteiger partial charge in [-0.1, -0.05) is 36.4 Å². The first-order valence-electron chi connectivity index (χ1n) is 8.84. The third-order valence-electron chi connectivity index (χ3n) is 3.83. The molecule has 0 fully saturated rings. The van der Waals surface area contributed by atoms with Crippen molar-refractivity contribution in [2.75, 3.05) is 17.7 Å². The van der Waals surface area contributed by atoms with Crippen LogP contribution in [0.2, 0.25) is 0 Å². The summed E-state index contributed by atoms with van der Waals surface area (Å²) in [5.41, 5.74) is 0.909. The topological polar surface area (TPSA) is 97.0 Å². The Morgan fingerprint density at radius 2 is 1.79 bits per heavy atom.